The van der Waals surface area contributed by atoms with Crippen LogP contribution in [0.25, 0.3) is 0 Å². The summed E-state index contributed by atoms with van der Waals surface area (Å²) in [4.78, 5) is 8.31. The third-order valence-corrected chi connectivity index (χ3v) is 2.44. The van der Waals surface area contributed by atoms with E-state index in [9.17, 15) is 0 Å². The second-order valence-electron chi connectivity index (χ2n) is 3.17. The van der Waals surface area contributed by atoms with Crippen LogP contribution in [0.4, 0.5) is 5.82 Å². The molecule has 0 spiro atoms. The normalized spacial score (nSPS) is 9.25. The molecule has 0 atom stereocenters. The first-order valence-electron chi connectivity index (χ1n) is 5.72. The summed E-state index contributed by atoms with van der Waals surface area (Å²) in [5.41, 5.74) is 0. The Morgan fingerprint density at radius 3 is 2.19 bits per heavy atom. The van der Waals surface area contributed by atoms with E-state index < -0.39 is 0 Å². The second-order valence-corrected chi connectivity index (χ2v) is 4.63. The van der Waals surface area contributed by atoms with Crippen LogP contribution in [0.3, 0.4) is 0 Å². The largest absolute Gasteiger partial charge is 0.317 e. The number of anilines is 1. The Morgan fingerprint density at radius 1 is 1.12 bits per heavy atom. The molecule has 4 nitrogen and oxygen atoms in total. The quantitative estimate of drug-likeness (QED) is 0.782. The van der Waals surface area contributed by atoms with Crippen LogP contribution in [-0.2, 0) is 0 Å². The van der Waals surface area contributed by atoms with Gasteiger partial charge in [0, 0.05) is 0 Å². The van der Waals surface area contributed by atoms with Gasteiger partial charge in [0.1, 0.15) is 0 Å². The number of aromatic nitrogens is 2. The summed E-state index contributed by atoms with van der Waals surface area (Å²) in [5, 5.41) is 6.27. The summed E-state index contributed by atoms with van der Waals surface area (Å²) < 4.78 is 1.04. The van der Waals surface area contributed by atoms with Gasteiger partial charge in [0.15, 0.2) is 0 Å². The number of hydrogen-bond acceptors (Lipinski definition) is 4. The molecule has 0 aromatic carbocycles. The Labute approximate surface area is 112 Å². The van der Waals surface area contributed by atoms with Crippen molar-refractivity contribution in [3.63, 3.8) is 0 Å². The molecule has 3 radical (unpaired) electrons. The van der Waals surface area contributed by atoms with Crippen molar-refractivity contribution in [1.82, 2.24) is 15.3 Å². The summed E-state index contributed by atoms with van der Waals surface area (Å²) in [6.07, 6.45) is 4.69. The van der Waals surface area contributed by atoms with Crippen LogP contribution in [0.5, 0.6) is 0 Å². The summed E-state index contributed by atoms with van der Waals surface area (Å²) in [5.74, 6) is 0.873. The Hall–Kier alpha value is -0.361. The fraction of sp³-hybridized carbons (Fsp3) is 0.636. The molecule has 1 aromatic rings. The van der Waals surface area contributed by atoms with Crippen molar-refractivity contribution in [3.8, 4) is 0 Å². The van der Waals surface area contributed by atoms with E-state index in [1.165, 1.54) is 22.5 Å². The standard InChI is InChI=1S/C7H10N3.C4H11N.Sn/c1-2-3-9-7-6-8-4-5-10-7;1-3-5-4-2;/h5-6H,2-3H2,1H3,(H,9,10);5H,3-4H2,1-2H3;. The topological polar surface area (TPSA) is 49.8 Å². The van der Waals surface area contributed by atoms with Gasteiger partial charge in [0.2, 0.25) is 0 Å². The first-order chi connectivity index (χ1) is 7.74. The van der Waals surface area contributed by atoms with Gasteiger partial charge < -0.3 is 5.32 Å². The molecule has 0 saturated carbocycles. The van der Waals surface area contributed by atoms with Gasteiger partial charge >= 0.3 is 79.6 Å². The molecule has 1 heterocycles. The monoisotopic (exact) mass is 329 g/mol. The van der Waals surface area contributed by atoms with E-state index in [1.54, 1.807) is 12.4 Å². The molecule has 0 bridgehead atoms. The van der Waals surface area contributed by atoms with Crippen LogP contribution < -0.4 is 14.3 Å². The zero-order valence-corrected chi connectivity index (χ0v) is 13.2. The number of hydrogen-bond donors (Lipinski definition) is 2. The summed E-state index contributed by atoms with van der Waals surface area (Å²) in [6, 6.07) is 0. The van der Waals surface area contributed by atoms with Gasteiger partial charge in [0.05, 0.1) is 0 Å². The van der Waals surface area contributed by atoms with Crippen LogP contribution in [0.1, 0.15) is 27.2 Å². The van der Waals surface area contributed by atoms with Crippen LogP contribution in [-0.4, -0.2) is 52.1 Å². The van der Waals surface area contributed by atoms with Gasteiger partial charge in [0.25, 0.3) is 0 Å². The maximum absolute atomic E-state index is 4.16. The predicted octanol–water partition coefficient (Wildman–Crippen LogP) is 0.708. The minimum Gasteiger partial charge on any atom is -0.317 e. The summed E-state index contributed by atoms with van der Waals surface area (Å²) in [6.45, 7) is 9.48. The van der Waals surface area contributed by atoms with E-state index in [2.05, 4.69) is 41.4 Å². The Kier molecular flexibility index (Phi) is 10.9. The first kappa shape index (κ1) is 15.6. The van der Waals surface area contributed by atoms with Crippen molar-refractivity contribution in [2.75, 3.05) is 25.0 Å². The maximum Gasteiger partial charge on any atom is -0.00775 e. The van der Waals surface area contributed by atoms with Gasteiger partial charge in [-0.25, -0.2) is 0 Å². The van der Waals surface area contributed by atoms with Crippen LogP contribution in [0.15, 0.2) is 12.4 Å². The molecule has 16 heavy (non-hydrogen) atoms. The minimum atomic E-state index is 0.873. The zero-order chi connectivity index (χ0) is 12.2. The molecule has 0 fully saturated rings. The minimum absolute atomic E-state index is 0.873. The van der Waals surface area contributed by atoms with Gasteiger partial charge in [-0.15, -0.1) is 0 Å². The van der Waals surface area contributed by atoms with Crippen molar-refractivity contribution in [2.24, 2.45) is 0 Å². The third kappa shape index (κ3) is 8.91. The predicted molar refractivity (Wildman–Crippen MR) is 70.4 cm³/mol. The molecule has 0 saturated heterocycles. The van der Waals surface area contributed by atoms with E-state index >= 15 is 0 Å². The van der Waals surface area contributed by atoms with Gasteiger partial charge in [-0.1, -0.05) is 13.8 Å². The Bertz CT molecular complexity index is 249. The molecule has 0 unspecified atom stereocenters. The second kappa shape index (κ2) is 11.1. The first-order valence-corrected chi connectivity index (χ1v) is 7.15. The maximum atomic E-state index is 4.16. The Morgan fingerprint density at radius 2 is 1.81 bits per heavy atom. The number of rotatable bonds is 5. The zero-order valence-electron chi connectivity index (χ0n) is 10.4. The Balaban J connectivity index is 0.000000385. The van der Waals surface area contributed by atoms with Crippen molar-refractivity contribution >= 4 is 32.1 Å². The molecule has 5 heteroatoms. The average Bonchev–Trinajstić information content (AvgIpc) is 2.30. The molecular formula is C11H21N4Sn. The van der Waals surface area contributed by atoms with E-state index in [4.69, 9.17) is 0 Å². The molecule has 1 aromatic heterocycles. The van der Waals surface area contributed by atoms with E-state index in [0.29, 0.717) is 0 Å². The van der Waals surface area contributed by atoms with E-state index in [1.807, 2.05) is 0 Å². The number of nitrogens with one attached hydrogen (secondary N) is 2. The molecule has 0 aliphatic carbocycles. The molecule has 0 amide bonds. The molecule has 0 aliphatic rings. The van der Waals surface area contributed by atoms with Gasteiger partial charge in [-0.3, -0.25) is 0 Å². The molecule has 1 rings (SSSR count). The van der Waals surface area contributed by atoms with Gasteiger partial charge in [-0.2, -0.15) is 0 Å². The molecule has 2 N–H and O–H groups in total. The smallest absolute Gasteiger partial charge is 0.00775 e. The van der Waals surface area contributed by atoms with Gasteiger partial charge in [-0.05, 0) is 13.1 Å². The van der Waals surface area contributed by atoms with E-state index in [-0.39, 0.29) is 0 Å². The fourth-order valence-corrected chi connectivity index (χ4v) is 1.29. The van der Waals surface area contributed by atoms with E-state index in [0.717, 1.165) is 35.6 Å². The molecule has 0 aliphatic heterocycles. The molecule has 89 valence electrons. The van der Waals surface area contributed by atoms with Crippen molar-refractivity contribution in [3.05, 3.63) is 12.4 Å². The van der Waals surface area contributed by atoms with Crippen molar-refractivity contribution < 1.29 is 0 Å². The van der Waals surface area contributed by atoms with Crippen LogP contribution in [0, 0.1) is 0 Å². The molecular weight excluding hydrogens is 307 g/mol. The fourth-order valence-electron chi connectivity index (χ4n) is 0.922. The summed E-state index contributed by atoms with van der Waals surface area (Å²) in [7, 11) is 0. The van der Waals surface area contributed by atoms with Crippen molar-refractivity contribution in [2.45, 2.75) is 27.2 Å². The third-order valence-electron chi connectivity index (χ3n) is 1.71. The average molecular weight is 328 g/mol. The van der Waals surface area contributed by atoms with Crippen molar-refractivity contribution in [1.29, 1.82) is 0 Å². The van der Waals surface area contributed by atoms with Crippen LogP contribution in [0.2, 0.25) is 0 Å². The SMILES string of the molecule is CCCNc1cn[c]([Sn])cn1.CCNCC. The van der Waals surface area contributed by atoms with Crippen LogP contribution >= 0.6 is 0 Å². The summed E-state index contributed by atoms with van der Waals surface area (Å²) >= 11 is 1.31. The number of nitrogens with zero attached hydrogens (tertiary/aromatic N) is 2.